The molecule has 114 valence electrons. The molecule has 0 amide bonds. The molecule has 2 rings (SSSR count). The van der Waals surface area contributed by atoms with Gasteiger partial charge in [0.2, 0.25) is 0 Å². The molecule has 0 aliphatic carbocycles. The highest BCUT2D eigenvalue weighted by atomic mass is 35.5. The summed E-state index contributed by atoms with van der Waals surface area (Å²) in [4.78, 5) is 10.1. The van der Waals surface area contributed by atoms with Crippen molar-refractivity contribution < 1.29 is 9.45 Å². The van der Waals surface area contributed by atoms with Crippen LogP contribution in [0.1, 0.15) is 5.76 Å². The van der Waals surface area contributed by atoms with E-state index in [1.165, 1.54) is 6.21 Å². The van der Waals surface area contributed by atoms with Crippen LogP contribution in [0.2, 0.25) is 10.0 Å². The molecule has 2 aromatic rings. The van der Waals surface area contributed by atoms with Crippen molar-refractivity contribution in [2.45, 2.75) is 0 Å². The Hall–Kier alpha value is -2.58. The lowest BCUT2D eigenvalue weighted by atomic mass is 10.2. The Kier molecular flexibility index (Phi) is 4.97. The fourth-order valence-corrected chi connectivity index (χ4v) is 1.93. The van der Waals surface area contributed by atoms with Crippen molar-refractivity contribution in [3.8, 4) is 11.3 Å². The Labute approximate surface area is 134 Å². The van der Waals surface area contributed by atoms with Crippen molar-refractivity contribution >= 4 is 35.4 Å². The zero-order valence-corrected chi connectivity index (χ0v) is 12.4. The largest absolute Gasteiger partial charge is 0.455 e. The zero-order valence-electron chi connectivity index (χ0n) is 10.9. The number of hydrogen-bond donors (Lipinski definition) is 2. The molecule has 0 aliphatic rings. The van der Waals surface area contributed by atoms with Crippen LogP contribution in [0.15, 0.2) is 45.0 Å². The van der Waals surface area contributed by atoms with Crippen LogP contribution in [-0.2, 0) is 0 Å². The molecule has 0 saturated heterocycles. The fourth-order valence-electron chi connectivity index (χ4n) is 1.53. The highest BCUT2D eigenvalue weighted by Gasteiger charge is 2.10. The summed E-state index contributed by atoms with van der Waals surface area (Å²) in [5.41, 5.74) is 8.01. The number of hydrazone groups is 2. The van der Waals surface area contributed by atoms with Crippen LogP contribution >= 0.6 is 23.2 Å². The topological polar surface area (TPSA) is 119 Å². The fraction of sp³-hybridized carbons (Fsp3) is 0. The van der Waals surface area contributed by atoms with E-state index in [1.54, 1.807) is 30.3 Å². The number of nitrogens with zero attached hydrogens (tertiary/aromatic N) is 3. The molecule has 0 bridgehead atoms. The van der Waals surface area contributed by atoms with Crippen LogP contribution in [0.25, 0.3) is 11.3 Å². The van der Waals surface area contributed by atoms with Gasteiger partial charge in [0, 0.05) is 5.56 Å². The van der Waals surface area contributed by atoms with E-state index in [-0.39, 0.29) is 0 Å². The van der Waals surface area contributed by atoms with E-state index >= 15 is 0 Å². The normalized spacial score (nSPS) is 11.8. The standard InChI is InChI=1S/C12H9Cl2N5O3/c13-9-3-1-2-8(11(9)14)10-5-4-7(22-10)6-16-17-12(15)18-19(20)21/h1-6H,(H3,15,17,18)/b16-6+. The first-order chi connectivity index (χ1) is 10.5. The number of rotatable bonds is 4. The number of nitro groups is 1. The van der Waals surface area contributed by atoms with Gasteiger partial charge in [0.05, 0.1) is 16.3 Å². The number of hydrogen-bond acceptors (Lipinski definition) is 4. The van der Waals surface area contributed by atoms with Gasteiger partial charge in [0.25, 0.3) is 5.96 Å². The SMILES string of the molecule is N/C(=N/[N+](=O)[O-])N/N=C/c1ccc(-c2cccc(Cl)c2Cl)o1. The van der Waals surface area contributed by atoms with Gasteiger partial charge in [-0.15, -0.1) is 0 Å². The average Bonchev–Trinajstić information content (AvgIpc) is 2.89. The molecule has 10 heteroatoms. The van der Waals surface area contributed by atoms with Gasteiger partial charge in [-0.05, 0) is 24.3 Å². The Balaban J connectivity index is 2.12. The molecule has 0 atom stereocenters. The lowest BCUT2D eigenvalue weighted by Gasteiger charge is -2.01. The molecule has 22 heavy (non-hydrogen) atoms. The van der Waals surface area contributed by atoms with Gasteiger partial charge < -0.3 is 10.2 Å². The van der Waals surface area contributed by atoms with Gasteiger partial charge in [-0.25, -0.2) is 15.5 Å². The first kappa shape index (κ1) is 15.8. The minimum absolute atomic E-state index is 0.377. The molecule has 3 N–H and O–H groups in total. The number of halogens is 2. The Morgan fingerprint density at radius 2 is 2.14 bits per heavy atom. The molecule has 0 fully saturated rings. The maximum atomic E-state index is 10.1. The van der Waals surface area contributed by atoms with Gasteiger partial charge in [0.15, 0.2) is 5.03 Å². The Bertz CT molecular complexity index is 757. The van der Waals surface area contributed by atoms with Crippen LogP contribution in [-0.4, -0.2) is 17.2 Å². The maximum Gasteiger partial charge on any atom is 0.286 e. The number of benzene rings is 1. The van der Waals surface area contributed by atoms with E-state index in [1.807, 2.05) is 0 Å². The third kappa shape index (κ3) is 3.96. The van der Waals surface area contributed by atoms with Crippen LogP contribution in [0.3, 0.4) is 0 Å². The lowest BCUT2D eigenvalue weighted by Crippen LogP contribution is -2.28. The molecule has 0 spiro atoms. The van der Waals surface area contributed by atoms with Crippen LogP contribution in [0.4, 0.5) is 0 Å². The first-order valence-electron chi connectivity index (χ1n) is 5.79. The van der Waals surface area contributed by atoms with Crippen molar-refractivity contribution in [3.05, 3.63) is 56.3 Å². The third-order valence-electron chi connectivity index (χ3n) is 2.40. The summed E-state index contributed by atoms with van der Waals surface area (Å²) in [6.45, 7) is 0. The molecular weight excluding hydrogens is 333 g/mol. The van der Waals surface area contributed by atoms with Crippen molar-refractivity contribution in [1.82, 2.24) is 5.43 Å². The smallest absolute Gasteiger partial charge is 0.286 e. The Morgan fingerprint density at radius 3 is 2.86 bits per heavy atom. The van der Waals surface area contributed by atoms with E-state index in [9.17, 15) is 10.1 Å². The minimum Gasteiger partial charge on any atom is -0.455 e. The number of nitrogens with one attached hydrogen (secondary N) is 1. The highest BCUT2D eigenvalue weighted by molar-refractivity contribution is 6.43. The molecule has 0 unspecified atom stereocenters. The molecule has 0 radical (unpaired) electrons. The van der Waals surface area contributed by atoms with E-state index in [0.717, 1.165) is 0 Å². The van der Waals surface area contributed by atoms with Crippen LogP contribution in [0.5, 0.6) is 0 Å². The van der Waals surface area contributed by atoms with Crippen LogP contribution < -0.4 is 11.2 Å². The van der Waals surface area contributed by atoms with Gasteiger partial charge in [-0.3, -0.25) is 0 Å². The lowest BCUT2D eigenvalue weighted by molar-refractivity contribution is -0.485. The maximum absolute atomic E-state index is 10.1. The van der Waals surface area contributed by atoms with Crippen molar-refractivity contribution in [1.29, 1.82) is 0 Å². The van der Waals surface area contributed by atoms with E-state index in [2.05, 4.69) is 15.6 Å². The second-order valence-corrected chi connectivity index (χ2v) is 4.68. The average molecular weight is 342 g/mol. The molecule has 0 aliphatic heterocycles. The summed E-state index contributed by atoms with van der Waals surface area (Å²) in [7, 11) is 0. The molecule has 1 aromatic carbocycles. The van der Waals surface area contributed by atoms with Gasteiger partial charge in [0.1, 0.15) is 16.6 Å². The number of furan rings is 1. The molecule has 1 heterocycles. The van der Waals surface area contributed by atoms with Crippen molar-refractivity contribution in [3.63, 3.8) is 0 Å². The molecular formula is C12H9Cl2N5O3. The summed E-state index contributed by atoms with van der Waals surface area (Å²) in [6, 6.07) is 8.50. The van der Waals surface area contributed by atoms with E-state index in [4.69, 9.17) is 33.4 Å². The van der Waals surface area contributed by atoms with E-state index < -0.39 is 11.0 Å². The second kappa shape index (κ2) is 6.92. The second-order valence-electron chi connectivity index (χ2n) is 3.90. The quantitative estimate of drug-likeness (QED) is 0.383. The predicted octanol–water partition coefficient (Wildman–Crippen LogP) is 2.68. The van der Waals surface area contributed by atoms with Gasteiger partial charge >= 0.3 is 0 Å². The summed E-state index contributed by atoms with van der Waals surface area (Å²) < 4.78 is 5.52. The molecule has 0 saturated carbocycles. The summed E-state index contributed by atoms with van der Waals surface area (Å²) in [5.74, 6) is 0.430. The highest BCUT2D eigenvalue weighted by Crippen LogP contribution is 2.33. The van der Waals surface area contributed by atoms with Crippen molar-refractivity contribution in [2.75, 3.05) is 0 Å². The Morgan fingerprint density at radius 1 is 1.36 bits per heavy atom. The summed E-state index contributed by atoms with van der Waals surface area (Å²) >= 11 is 12.0. The van der Waals surface area contributed by atoms with Gasteiger partial charge in [-0.2, -0.15) is 5.10 Å². The molecule has 8 nitrogen and oxygen atoms in total. The monoisotopic (exact) mass is 341 g/mol. The van der Waals surface area contributed by atoms with E-state index in [0.29, 0.717) is 27.1 Å². The predicted molar refractivity (Wildman–Crippen MR) is 83.5 cm³/mol. The van der Waals surface area contributed by atoms with Crippen molar-refractivity contribution in [2.24, 2.45) is 15.9 Å². The zero-order chi connectivity index (χ0) is 16.1. The number of nitrogens with two attached hydrogens (primary N) is 1. The third-order valence-corrected chi connectivity index (χ3v) is 3.22. The van der Waals surface area contributed by atoms with Crippen LogP contribution in [0, 0.1) is 10.1 Å². The first-order valence-corrected chi connectivity index (χ1v) is 6.54. The molecule has 1 aromatic heterocycles. The summed E-state index contributed by atoms with van der Waals surface area (Å²) in [6.07, 6.45) is 1.28. The van der Waals surface area contributed by atoms with Gasteiger partial charge in [-0.1, -0.05) is 29.3 Å². The minimum atomic E-state index is -0.940. The number of guanidine groups is 1. The summed E-state index contributed by atoms with van der Waals surface area (Å²) in [5, 5.41) is 16.4.